The van der Waals surface area contributed by atoms with E-state index in [4.69, 9.17) is 9.26 Å². The number of halogens is 1. The Morgan fingerprint density at radius 2 is 2.15 bits per heavy atom. The van der Waals surface area contributed by atoms with Gasteiger partial charge < -0.3 is 14.6 Å². The summed E-state index contributed by atoms with van der Waals surface area (Å²) in [6.45, 7) is 4.67. The first-order valence-electron chi connectivity index (χ1n) is 7.14. The van der Waals surface area contributed by atoms with Crippen LogP contribution in [0.2, 0.25) is 0 Å². The minimum Gasteiger partial charge on any atom is -0.381 e. The molecule has 1 aromatic heterocycles. The summed E-state index contributed by atoms with van der Waals surface area (Å²) in [5.41, 5.74) is 0. The minimum absolute atomic E-state index is 0. The Labute approximate surface area is 125 Å². The van der Waals surface area contributed by atoms with Crippen molar-refractivity contribution in [3.63, 3.8) is 0 Å². The molecule has 0 bridgehead atoms. The molecule has 3 heterocycles. The highest BCUT2D eigenvalue weighted by atomic mass is 35.5. The minimum atomic E-state index is 0. The summed E-state index contributed by atoms with van der Waals surface area (Å²) in [6, 6.07) is 0.237. The van der Waals surface area contributed by atoms with E-state index < -0.39 is 0 Å². The van der Waals surface area contributed by atoms with Gasteiger partial charge in [-0.2, -0.15) is 4.98 Å². The van der Waals surface area contributed by atoms with Gasteiger partial charge in [0.1, 0.15) is 0 Å². The SMILES string of the molecule is CN1CCNCC1c1noc(CC2CCOCC2)n1.Cl. The Hall–Kier alpha value is -0.690. The molecule has 114 valence electrons. The maximum Gasteiger partial charge on any atom is 0.226 e. The van der Waals surface area contributed by atoms with Crippen LogP contribution in [0.4, 0.5) is 0 Å². The number of likely N-dealkylation sites (N-methyl/N-ethyl adjacent to an activating group) is 1. The van der Waals surface area contributed by atoms with Crippen molar-refractivity contribution in [1.29, 1.82) is 0 Å². The summed E-state index contributed by atoms with van der Waals surface area (Å²) in [5, 5.41) is 7.53. The third kappa shape index (κ3) is 3.69. The highest BCUT2D eigenvalue weighted by Gasteiger charge is 2.26. The molecule has 2 fully saturated rings. The van der Waals surface area contributed by atoms with Gasteiger partial charge in [0.25, 0.3) is 0 Å². The fraction of sp³-hybridized carbons (Fsp3) is 0.846. The van der Waals surface area contributed by atoms with Gasteiger partial charge in [-0.3, -0.25) is 4.90 Å². The molecule has 0 radical (unpaired) electrons. The second kappa shape index (κ2) is 7.36. The largest absolute Gasteiger partial charge is 0.381 e. The third-order valence-electron chi connectivity index (χ3n) is 4.10. The summed E-state index contributed by atoms with van der Waals surface area (Å²) in [5.74, 6) is 2.22. The molecule has 6 nitrogen and oxygen atoms in total. The van der Waals surface area contributed by atoms with E-state index >= 15 is 0 Å². The van der Waals surface area contributed by atoms with Crippen LogP contribution in [-0.2, 0) is 11.2 Å². The van der Waals surface area contributed by atoms with Gasteiger partial charge in [0.05, 0.1) is 6.04 Å². The van der Waals surface area contributed by atoms with Crippen LogP contribution in [0.3, 0.4) is 0 Å². The quantitative estimate of drug-likeness (QED) is 0.900. The average molecular weight is 303 g/mol. The summed E-state index contributed by atoms with van der Waals surface area (Å²) in [4.78, 5) is 6.86. The van der Waals surface area contributed by atoms with Crippen LogP contribution in [0, 0.1) is 5.92 Å². The van der Waals surface area contributed by atoms with E-state index in [1.807, 2.05) is 0 Å². The molecule has 7 heteroatoms. The van der Waals surface area contributed by atoms with Gasteiger partial charge in [-0.25, -0.2) is 0 Å². The number of rotatable bonds is 3. The number of nitrogens with zero attached hydrogens (tertiary/aromatic N) is 3. The van der Waals surface area contributed by atoms with E-state index in [0.29, 0.717) is 5.92 Å². The summed E-state index contributed by atoms with van der Waals surface area (Å²) >= 11 is 0. The molecule has 0 spiro atoms. The van der Waals surface area contributed by atoms with Crippen molar-refractivity contribution in [3.05, 3.63) is 11.7 Å². The normalized spacial score (nSPS) is 25.4. The van der Waals surface area contributed by atoms with E-state index in [-0.39, 0.29) is 18.4 Å². The molecule has 0 amide bonds. The first-order valence-corrected chi connectivity index (χ1v) is 7.14. The van der Waals surface area contributed by atoms with Crippen LogP contribution in [0.15, 0.2) is 4.52 Å². The van der Waals surface area contributed by atoms with Gasteiger partial charge in [0.15, 0.2) is 5.82 Å². The van der Waals surface area contributed by atoms with Crippen LogP contribution in [0.25, 0.3) is 0 Å². The molecular weight excluding hydrogens is 280 g/mol. The highest BCUT2D eigenvalue weighted by Crippen LogP contribution is 2.22. The molecule has 1 aromatic rings. The molecule has 0 saturated carbocycles. The van der Waals surface area contributed by atoms with Crippen molar-refractivity contribution in [3.8, 4) is 0 Å². The van der Waals surface area contributed by atoms with Gasteiger partial charge in [-0.15, -0.1) is 12.4 Å². The smallest absolute Gasteiger partial charge is 0.226 e. The van der Waals surface area contributed by atoms with E-state index in [1.165, 1.54) is 0 Å². The Balaban J connectivity index is 0.00000147. The maximum atomic E-state index is 5.41. The average Bonchev–Trinajstić information content (AvgIpc) is 2.89. The molecule has 2 aliphatic heterocycles. The second-order valence-corrected chi connectivity index (χ2v) is 5.51. The summed E-state index contributed by atoms with van der Waals surface area (Å²) in [6.07, 6.45) is 3.09. The lowest BCUT2D eigenvalue weighted by Gasteiger charge is -2.30. The molecule has 1 unspecified atom stereocenters. The zero-order valence-corrected chi connectivity index (χ0v) is 12.7. The molecule has 3 rings (SSSR count). The second-order valence-electron chi connectivity index (χ2n) is 5.51. The van der Waals surface area contributed by atoms with Gasteiger partial charge >= 0.3 is 0 Å². The number of hydrogen-bond acceptors (Lipinski definition) is 6. The summed E-state index contributed by atoms with van der Waals surface area (Å²) < 4.78 is 10.8. The molecule has 1 N–H and O–H groups in total. The van der Waals surface area contributed by atoms with E-state index in [9.17, 15) is 0 Å². The fourth-order valence-corrected chi connectivity index (χ4v) is 2.78. The van der Waals surface area contributed by atoms with Gasteiger partial charge in [0.2, 0.25) is 5.89 Å². The lowest BCUT2D eigenvalue weighted by Crippen LogP contribution is -2.44. The predicted molar refractivity (Wildman–Crippen MR) is 77.0 cm³/mol. The lowest BCUT2D eigenvalue weighted by molar-refractivity contribution is 0.0642. The fourth-order valence-electron chi connectivity index (χ4n) is 2.78. The number of aromatic nitrogens is 2. The molecule has 0 aromatic carbocycles. The first kappa shape index (κ1) is 15.7. The van der Waals surface area contributed by atoms with Crippen molar-refractivity contribution in [2.75, 3.05) is 39.9 Å². The van der Waals surface area contributed by atoms with E-state index in [2.05, 4.69) is 27.4 Å². The van der Waals surface area contributed by atoms with Crippen molar-refractivity contribution in [1.82, 2.24) is 20.4 Å². The molecule has 2 aliphatic rings. The highest BCUT2D eigenvalue weighted by molar-refractivity contribution is 5.85. The number of piperazine rings is 1. The Morgan fingerprint density at radius 3 is 2.90 bits per heavy atom. The zero-order chi connectivity index (χ0) is 13.1. The van der Waals surface area contributed by atoms with Crippen LogP contribution in [-0.4, -0.2) is 54.9 Å². The maximum absolute atomic E-state index is 5.41. The number of hydrogen-bond donors (Lipinski definition) is 1. The van der Waals surface area contributed by atoms with Crippen molar-refractivity contribution in [2.24, 2.45) is 5.92 Å². The third-order valence-corrected chi connectivity index (χ3v) is 4.10. The van der Waals surface area contributed by atoms with Crippen molar-refractivity contribution >= 4 is 12.4 Å². The van der Waals surface area contributed by atoms with Gasteiger partial charge in [-0.05, 0) is 25.8 Å². The van der Waals surface area contributed by atoms with Crippen LogP contribution < -0.4 is 5.32 Å². The molecule has 2 saturated heterocycles. The first-order chi connectivity index (χ1) is 9.33. The Kier molecular flexibility index (Phi) is 5.77. The monoisotopic (exact) mass is 302 g/mol. The number of nitrogens with one attached hydrogen (secondary N) is 1. The standard InChI is InChI=1S/C13H22N4O2.ClH/c1-17-5-4-14-9-11(17)13-15-12(19-16-13)8-10-2-6-18-7-3-10;/h10-11,14H,2-9H2,1H3;1H. The van der Waals surface area contributed by atoms with Crippen LogP contribution in [0.1, 0.15) is 30.6 Å². The van der Waals surface area contributed by atoms with Crippen molar-refractivity contribution < 1.29 is 9.26 Å². The molecule has 20 heavy (non-hydrogen) atoms. The predicted octanol–water partition coefficient (Wildman–Crippen LogP) is 1.04. The molecular formula is C13H23ClN4O2. The Morgan fingerprint density at radius 1 is 1.35 bits per heavy atom. The zero-order valence-electron chi connectivity index (χ0n) is 11.9. The topological polar surface area (TPSA) is 63.4 Å². The molecule has 1 atom stereocenters. The van der Waals surface area contributed by atoms with Crippen LogP contribution >= 0.6 is 12.4 Å². The van der Waals surface area contributed by atoms with E-state index in [0.717, 1.165) is 63.8 Å². The van der Waals surface area contributed by atoms with Gasteiger partial charge in [-0.1, -0.05) is 5.16 Å². The van der Waals surface area contributed by atoms with E-state index in [1.54, 1.807) is 0 Å². The molecule has 0 aliphatic carbocycles. The summed E-state index contributed by atoms with van der Waals surface area (Å²) in [7, 11) is 2.11. The van der Waals surface area contributed by atoms with Crippen molar-refractivity contribution in [2.45, 2.75) is 25.3 Å². The Bertz CT molecular complexity index is 409. The van der Waals surface area contributed by atoms with Crippen LogP contribution in [0.5, 0.6) is 0 Å². The van der Waals surface area contributed by atoms with Gasteiger partial charge in [0, 0.05) is 39.3 Å². The lowest BCUT2D eigenvalue weighted by atomic mass is 9.97. The number of ether oxygens (including phenoxy) is 1.